The fraction of sp³-hybridized carbons (Fsp3) is 0.286. The Balaban J connectivity index is 1.95. The van der Waals surface area contributed by atoms with Gasteiger partial charge >= 0.3 is 0 Å². The summed E-state index contributed by atoms with van der Waals surface area (Å²) in [6.07, 6.45) is 1.69. The van der Waals surface area contributed by atoms with Gasteiger partial charge < -0.3 is 10.2 Å². The minimum Gasteiger partial charge on any atom is -0.354 e. The van der Waals surface area contributed by atoms with Crippen LogP contribution in [0.4, 0.5) is 10.1 Å². The molecule has 0 radical (unpaired) electrons. The van der Waals surface area contributed by atoms with Crippen molar-refractivity contribution in [3.05, 3.63) is 96.3 Å². The standard InChI is InChI=1S/C28H32FN3O4S/c1-3-4-19-30-28(34)22(2)31(20-23-15-17-24(29)18-16-23)27(33)21-32(25-11-7-5-8-12-25)37(35,36)26-13-9-6-10-14-26/h5-18,22H,3-4,19-21H2,1-2H3,(H,30,34)/t22-/m0/s1. The maximum absolute atomic E-state index is 13.7. The van der Waals surface area contributed by atoms with Gasteiger partial charge in [0, 0.05) is 13.1 Å². The number of halogens is 1. The quantitative estimate of drug-likeness (QED) is 0.356. The third-order valence-electron chi connectivity index (χ3n) is 5.92. The molecule has 0 saturated carbocycles. The van der Waals surface area contributed by atoms with E-state index in [2.05, 4.69) is 5.32 Å². The summed E-state index contributed by atoms with van der Waals surface area (Å²) >= 11 is 0. The van der Waals surface area contributed by atoms with E-state index in [1.54, 1.807) is 55.5 Å². The SMILES string of the molecule is CCCCNC(=O)[C@H](C)N(Cc1ccc(F)cc1)C(=O)CN(c1ccccc1)S(=O)(=O)c1ccccc1. The zero-order valence-electron chi connectivity index (χ0n) is 21.0. The summed E-state index contributed by atoms with van der Waals surface area (Å²) in [5, 5.41) is 2.83. The Morgan fingerprint density at radius 2 is 1.51 bits per heavy atom. The first-order chi connectivity index (χ1) is 17.7. The molecule has 9 heteroatoms. The van der Waals surface area contributed by atoms with Crippen molar-refractivity contribution in [2.75, 3.05) is 17.4 Å². The fourth-order valence-corrected chi connectivity index (χ4v) is 5.18. The summed E-state index contributed by atoms with van der Waals surface area (Å²) < 4.78 is 41.7. The van der Waals surface area contributed by atoms with Crippen molar-refractivity contribution in [1.82, 2.24) is 10.2 Å². The van der Waals surface area contributed by atoms with Gasteiger partial charge in [0.1, 0.15) is 18.4 Å². The molecule has 0 unspecified atom stereocenters. The molecule has 7 nitrogen and oxygen atoms in total. The molecule has 0 saturated heterocycles. The Labute approximate surface area is 218 Å². The number of sulfonamides is 1. The maximum atomic E-state index is 13.7. The summed E-state index contributed by atoms with van der Waals surface area (Å²) in [6.45, 7) is 3.56. The third kappa shape index (κ3) is 7.39. The largest absolute Gasteiger partial charge is 0.354 e. The van der Waals surface area contributed by atoms with Gasteiger partial charge in [-0.05, 0) is 55.3 Å². The van der Waals surface area contributed by atoms with Crippen LogP contribution in [-0.4, -0.2) is 44.3 Å². The van der Waals surface area contributed by atoms with Gasteiger partial charge in [-0.2, -0.15) is 0 Å². The van der Waals surface area contributed by atoms with Crippen molar-refractivity contribution >= 4 is 27.5 Å². The van der Waals surface area contributed by atoms with Gasteiger partial charge in [-0.1, -0.05) is 61.9 Å². The number of amides is 2. The van der Waals surface area contributed by atoms with Crippen molar-refractivity contribution in [2.24, 2.45) is 0 Å². The number of nitrogens with one attached hydrogen (secondary N) is 1. The van der Waals surface area contributed by atoms with Crippen LogP contribution in [0.15, 0.2) is 89.8 Å². The molecule has 0 heterocycles. The van der Waals surface area contributed by atoms with Crippen LogP contribution in [0.1, 0.15) is 32.3 Å². The third-order valence-corrected chi connectivity index (χ3v) is 7.71. The first-order valence-corrected chi connectivity index (χ1v) is 13.6. The van der Waals surface area contributed by atoms with E-state index in [1.165, 1.54) is 41.3 Å². The number of unbranched alkanes of at least 4 members (excludes halogenated alkanes) is 1. The first kappa shape index (κ1) is 27.9. The van der Waals surface area contributed by atoms with Gasteiger partial charge in [-0.15, -0.1) is 0 Å². The average Bonchev–Trinajstić information content (AvgIpc) is 2.91. The number of nitrogens with zero attached hydrogens (tertiary/aromatic N) is 2. The Hall–Kier alpha value is -3.72. The van der Waals surface area contributed by atoms with Crippen LogP contribution in [0.5, 0.6) is 0 Å². The maximum Gasteiger partial charge on any atom is 0.264 e. The Bertz CT molecular complexity index is 1270. The van der Waals surface area contributed by atoms with E-state index < -0.39 is 34.3 Å². The lowest BCUT2D eigenvalue weighted by atomic mass is 10.1. The number of anilines is 1. The summed E-state index contributed by atoms with van der Waals surface area (Å²) in [5.41, 5.74) is 0.932. The molecule has 1 N–H and O–H groups in total. The van der Waals surface area contributed by atoms with Gasteiger partial charge in [0.2, 0.25) is 11.8 Å². The summed E-state index contributed by atoms with van der Waals surface area (Å²) in [5.74, 6) is -1.33. The minimum atomic E-state index is -4.09. The predicted octanol–water partition coefficient (Wildman–Crippen LogP) is 4.35. The fourth-order valence-electron chi connectivity index (χ4n) is 3.75. The number of carbonyl (C=O) groups excluding carboxylic acids is 2. The topological polar surface area (TPSA) is 86.8 Å². The second kappa shape index (κ2) is 13.0. The van der Waals surface area contributed by atoms with E-state index in [4.69, 9.17) is 0 Å². The van der Waals surface area contributed by atoms with E-state index in [9.17, 15) is 22.4 Å². The highest BCUT2D eigenvalue weighted by Crippen LogP contribution is 2.24. The molecule has 0 bridgehead atoms. The number of hydrogen-bond donors (Lipinski definition) is 1. The second-order valence-electron chi connectivity index (χ2n) is 8.63. The molecule has 0 aliphatic rings. The van der Waals surface area contributed by atoms with Crippen molar-refractivity contribution in [2.45, 2.75) is 44.2 Å². The smallest absolute Gasteiger partial charge is 0.264 e. The highest BCUT2D eigenvalue weighted by molar-refractivity contribution is 7.92. The molecule has 37 heavy (non-hydrogen) atoms. The molecule has 1 atom stereocenters. The van der Waals surface area contributed by atoms with E-state index in [1.807, 2.05) is 6.92 Å². The summed E-state index contributed by atoms with van der Waals surface area (Å²) in [6, 6.07) is 21.0. The molecule has 3 aromatic carbocycles. The van der Waals surface area contributed by atoms with Crippen LogP contribution in [0.25, 0.3) is 0 Å². The van der Waals surface area contributed by atoms with Gasteiger partial charge in [0.15, 0.2) is 0 Å². The summed E-state index contributed by atoms with van der Waals surface area (Å²) in [4.78, 5) is 28.0. The van der Waals surface area contributed by atoms with Crippen LogP contribution >= 0.6 is 0 Å². The van der Waals surface area contributed by atoms with Gasteiger partial charge in [0.25, 0.3) is 10.0 Å². The minimum absolute atomic E-state index is 0.00942. The highest BCUT2D eigenvalue weighted by atomic mass is 32.2. The normalized spacial score (nSPS) is 12.0. The number of benzene rings is 3. The predicted molar refractivity (Wildman–Crippen MR) is 142 cm³/mol. The number of carbonyl (C=O) groups is 2. The molecule has 2 amide bonds. The van der Waals surface area contributed by atoms with Gasteiger partial charge in [-0.3, -0.25) is 13.9 Å². The van der Waals surface area contributed by atoms with Crippen LogP contribution in [-0.2, 0) is 26.2 Å². The van der Waals surface area contributed by atoms with Gasteiger partial charge in [0.05, 0.1) is 10.6 Å². The zero-order chi connectivity index (χ0) is 26.8. The van der Waals surface area contributed by atoms with Crippen molar-refractivity contribution in [1.29, 1.82) is 0 Å². The number of rotatable bonds is 12. The number of hydrogen-bond acceptors (Lipinski definition) is 4. The molecule has 0 fully saturated rings. The van der Waals surface area contributed by atoms with E-state index in [0.717, 1.165) is 17.1 Å². The highest BCUT2D eigenvalue weighted by Gasteiger charge is 2.32. The lowest BCUT2D eigenvalue weighted by Crippen LogP contribution is -2.51. The van der Waals surface area contributed by atoms with Crippen molar-refractivity contribution in [3.63, 3.8) is 0 Å². The van der Waals surface area contributed by atoms with Crippen LogP contribution in [0.3, 0.4) is 0 Å². The Morgan fingerprint density at radius 3 is 2.11 bits per heavy atom. The molecule has 0 aliphatic carbocycles. The van der Waals surface area contributed by atoms with Crippen LogP contribution < -0.4 is 9.62 Å². The number of para-hydroxylation sites is 1. The molecule has 0 spiro atoms. The monoisotopic (exact) mass is 525 g/mol. The van der Waals surface area contributed by atoms with Crippen LogP contribution in [0, 0.1) is 5.82 Å². The average molecular weight is 526 g/mol. The molecule has 0 aromatic heterocycles. The van der Waals surface area contributed by atoms with Crippen molar-refractivity contribution in [3.8, 4) is 0 Å². The molecular formula is C28H32FN3O4S. The van der Waals surface area contributed by atoms with E-state index >= 15 is 0 Å². The molecule has 3 rings (SSSR count). The Kier molecular flexibility index (Phi) is 9.79. The molecule has 3 aromatic rings. The zero-order valence-corrected chi connectivity index (χ0v) is 21.8. The molecule has 196 valence electrons. The van der Waals surface area contributed by atoms with Crippen molar-refractivity contribution < 1.29 is 22.4 Å². The molecule has 0 aliphatic heterocycles. The lowest BCUT2D eigenvalue weighted by molar-refractivity contribution is -0.139. The van der Waals surface area contributed by atoms with E-state index in [-0.39, 0.29) is 17.3 Å². The van der Waals surface area contributed by atoms with Crippen LogP contribution in [0.2, 0.25) is 0 Å². The summed E-state index contributed by atoms with van der Waals surface area (Å²) in [7, 11) is -4.09. The van der Waals surface area contributed by atoms with E-state index in [0.29, 0.717) is 17.8 Å². The molecular weight excluding hydrogens is 493 g/mol. The first-order valence-electron chi connectivity index (χ1n) is 12.2. The second-order valence-corrected chi connectivity index (χ2v) is 10.5. The Morgan fingerprint density at radius 1 is 0.919 bits per heavy atom. The van der Waals surface area contributed by atoms with Gasteiger partial charge in [-0.25, -0.2) is 12.8 Å². The lowest BCUT2D eigenvalue weighted by Gasteiger charge is -2.32.